The fraction of sp³-hybridized carbons (Fsp3) is 0.615. The minimum atomic E-state index is -3.34. The third-order valence-electron chi connectivity index (χ3n) is 2.68. The van der Waals surface area contributed by atoms with Gasteiger partial charge >= 0.3 is 0 Å². The first kappa shape index (κ1) is 14.1. The van der Waals surface area contributed by atoms with Gasteiger partial charge in [0.05, 0.1) is 18.1 Å². The molecule has 6 heteroatoms. The summed E-state index contributed by atoms with van der Waals surface area (Å²) in [6.07, 6.45) is 3.49. The fourth-order valence-electron chi connectivity index (χ4n) is 1.58. The normalized spacial score (nSPS) is 16.2. The number of sulfonamides is 1. The lowest BCUT2D eigenvalue weighted by molar-refractivity contribution is 0.302. The molecule has 0 unspecified atom stereocenters. The summed E-state index contributed by atoms with van der Waals surface area (Å²) in [5, 5.41) is 0. The lowest BCUT2D eigenvalue weighted by atomic mass is 9.91. The molecule has 106 valence electrons. The number of aromatic nitrogens is 1. The van der Waals surface area contributed by atoms with Crippen molar-refractivity contribution in [2.24, 2.45) is 0 Å². The number of hydrogen-bond donors (Lipinski definition) is 1. The maximum absolute atomic E-state index is 11.3. The van der Waals surface area contributed by atoms with Crippen LogP contribution in [0.4, 0.5) is 5.82 Å². The van der Waals surface area contributed by atoms with E-state index in [4.69, 9.17) is 4.74 Å². The highest BCUT2D eigenvalue weighted by atomic mass is 32.2. The highest BCUT2D eigenvalue weighted by molar-refractivity contribution is 7.92. The molecular weight excluding hydrogens is 264 g/mol. The van der Waals surface area contributed by atoms with Crippen molar-refractivity contribution in [3.05, 3.63) is 17.8 Å². The van der Waals surface area contributed by atoms with Crippen LogP contribution < -0.4 is 9.46 Å². The second kappa shape index (κ2) is 4.67. The second-order valence-electron chi connectivity index (χ2n) is 6.01. The van der Waals surface area contributed by atoms with E-state index in [2.05, 4.69) is 9.71 Å². The smallest absolute Gasteiger partial charge is 0.230 e. The van der Waals surface area contributed by atoms with Gasteiger partial charge in [0.15, 0.2) is 0 Å². The van der Waals surface area contributed by atoms with E-state index in [9.17, 15) is 8.42 Å². The molecular formula is C13H20N2O3S. The van der Waals surface area contributed by atoms with Crippen LogP contribution in [-0.4, -0.2) is 25.8 Å². The third kappa shape index (κ3) is 4.38. The number of rotatable bonds is 4. The summed E-state index contributed by atoms with van der Waals surface area (Å²) in [7, 11) is -3.34. The molecule has 0 aromatic carbocycles. The van der Waals surface area contributed by atoms with Crippen LogP contribution in [0, 0.1) is 0 Å². The molecule has 1 aliphatic carbocycles. The van der Waals surface area contributed by atoms with Crippen LogP contribution in [0.3, 0.4) is 0 Å². The van der Waals surface area contributed by atoms with Crippen LogP contribution in [0.5, 0.6) is 5.75 Å². The Kier molecular flexibility index (Phi) is 3.47. The van der Waals surface area contributed by atoms with Gasteiger partial charge in [-0.15, -0.1) is 0 Å². The van der Waals surface area contributed by atoms with Crippen molar-refractivity contribution in [1.82, 2.24) is 4.98 Å². The number of hydrogen-bond acceptors (Lipinski definition) is 4. The van der Waals surface area contributed by atoms with Gasteiger partial charge in [-0.25, -0.2) is 13.4 Å². The van der Waals surface area contributed by atoms with E-state index in [0.29, 0.717) is 11.6 Å². The second-order valence-corrected chi connectivity index (χ2v) is 7.76. The summed E-state index contributed by atoms with van der Waals surface area (Å²) in [5.74, 6) is 0.985. The zero-order valence-electron chi connectivity index (χ0n) is 11.7. The summed E-state index contributed by atoms with van der Waals surface area (Å²) in [4.78, 5) is 4.35. The average molecular weight is 284 g/mol. The van der Waals surface area contributed by atoms with Crippen LogP contribution in [-0.2, 0) is 15.4 Å². The molecule has 1 aromatic heterocycles. The Morgan fingerprint density at radius 3 is 2.42 bits per heavy atom. The minimum Gasteiger partial charge on any atom is -0.490 e. The quantitative estimate of drug-likeness (QED) is 0.921. The van der Waals surface area contributed by atoms with Crippen molar-refractivity contribution < 1.29 is 13.2 Å². The monoisotopic (exact) mass is 284 g/mol. The Balaban J connectivity index is 2.35. The molecule has 1 heterocycles. The first-order valence-electron chi connectivity index (χ1n) is 6.30. The molecule has 0 saturated heterocycles. The summed E-state index contributed by atoms with van der Waals surface area (Å²) >= 11 is 0. The largest absolute Gasteiger partial charge is 0.490 e. The number of anilines is 1. The Bertz CT molecular complexity index is 572. The van der Waals surface area contributed by atoms with E-state index in [-0.39, 0.29) is 11.5 Å². The highest BCUT2D eigenvalue weighted by Crippen LogP contribution is 2.31. The zero-order valence-corrected chi connectivity index (χ0v) is 12.5. The zero-order chi connectivity index (χ0) is 14.3. The Morgan fingerprint density at radius 1 is 1.32 bits per heavy atom. The van der Waals surface area contributed by atoms with E-state index in [1.54, 1.807) is 6.07 Å². The van der Waals surface area contributed by atoms with Gasteiger partial charge in [0, 0.05) is 17.5 Å². The van der Waals surface area contributed by atoms with Gasteiger partial charge in [0.2, 0.25) is 10.0 Å². The molecule has 5 nitrogen and oxygen atoms in total. The van der Waals surface area contributed by atoms with Gasteiger partial charge in [-0.05, 0) is 12.8 Å². The summed E-state index contributed by atoms with van der Waals surface area (Å²) < 4.78 is 30.8. The van der Waals surface area contributed by atoms with Gasteiger partial charge in [0.1, 0.15) is 11.6 Å². The van der Waals surface area contributed by atoms with Crippen molar-refractivity contribution in [3.8, 4) is 5.75 Å². The van der Waals surface area contributed by atoms with Gasteiger partial charge in [0.25, 0.3) is 0 Å². The third-order valence-corrected chi connectivity index (χ3v) is 3.26. The maximum Gasteiger partial charge on any atom is 0.230 e. The van der Waals surface area contributed by atoms with E-state index >= 15 is 0 Å². The molecule has 0 bridgehead atoms. The lowest BCUT2D eigenvalue weighted by Crippen LogP contribution is -2.17. The van der Waals surface area contributed by atoms with Crippen LogP contribution in [0.2, 0.25) is 0 Å². The summed E-state index contributed by atoms with van der Waals surface area (Å²) in [6, 6.07) is 3.51. The van der Waals surface area contributed by atoms with Crippen LogP contribution in [0.25, 0.3) is 0 Å². The maximum atomic E-state index is 11.3. The predicted octanol–water partition coefficient (Wildman–Crippen LogP) is 2.29. The number of nitrogens with zero attached hydrogens (tertiary/aromatic N) is 1. The van der Waals surface area contributed by atoms with Gasteiger partial charge in [-0.3, -0.25) is 4.72 Å². The molecule has 0 aliphatic heterocycles. The van der Waals surface area contributed by atoms with Crippen molar-refractivity contribution in [1.29, 1.82) is 0 Å². The van der Waals surface area contributed by atoms with E-state index in [1.165, 1.54) is 0 Å². The Hall–Kier alpha value is -1.30. The van der Waals surface area contributed by atoms with E-state index in [0.717, 1.165) is 24.8 Å². The number of nitrogens with one attached hydrogen (secondary N) is 1. The molecule has 1 fully saturated rings. The minimum absolute atomic E-state index is 0.170. The van der Waals surface area contributed by atoms with Crippen LogP contribution in [0.15, 0.2) is 12.1 Å². The summed E-state index contributed by atoms with van der Waals surface area (Å²) in [6.45, 7) is 6.08. The first-order valence-corrected chi connectivity index (χ1v) is 8.20. The van der Waals surface area contributed by atoms with E-state index < -0.39 is 10.0 Å². The van der Waals surface area contributed by atoms with Gasteiger partial charge < -0.3 is 4.74 Å². The van der Waals surface area contributed by atoms with Crippen molar-refractivity contribution in [2.45, 2.75) is 45.1 Å². The van der Waals surface area contributed by atoms with Crippen molar-refractivity contribution in [2.75, 3.05) is 11.0 Å². The molecule has 2 rings (SSSR count). The van der Waals surface area contributed by atoms with Crippen molar-refractivity contribution >= 4 is 15.8 Å². The molecule has 1 aliphatic rings. The van der Waals surface area contributed by atoms with Gasteiger partial charge in [-0.1, -0.05) is 20.8 Å². The Morgan fingerprint density at radius 2 is 1.95 bits per heavy atom. The topological polar surface area (TPSA) is 68.3 Å². The van der Waals surface area contributed by atoms with Gasteiger partial charge in [-0.2, -0.15) is 0 Å². The number of pyridine rings is 1. The Labute approximate surface area is 114 Å². The molecule has 1 aromatic rings. The molecule has 1 saturated carbocycles. The molecule has 19 heavy (non-hydrogen) atoms. The van der Waals surface area contributed by atoms with Crippen LogP contribution >= 0.6 is 0 Å². The average Bonchev–Trinajstić information content (AvgIpc) is 2.96. The highest BCUT2D eigenvalue weighted by Gasteiger charge is 2.25. The van der Waals surface area contributed by atoms with E-state index in [1.807, 2.05) is 26.8 Å². The fourth-order valence-corrected chi connectivity index (χ4v) is 2.06. The number of ether oxygens (including phenoxy) is 1. The first-order chi connectivity index (χ1) is 8.63. The summed E-state index contributed by atoms with van der Waals surface area (Å²) in [5.41, 5.74) is 0.633. The van der Waals surface area contributed by atoms with Crippen LogP contribution in [0.1, 0.15) is 39.3 Å². The predicted molar refractivity (Wildman–Crippen MR) is 75.1 cm³/mol. The lowest BCUT2D eigenvalue weighted by Gasteiger charge is -2.20. The SMILES string of the molecule is CC(C)(C)c1cc(OC2CC2)cc(NS(C)(=O)=O)n1. The molecule has 1 N–H and O–H groups in total. The van der Waals surface area contributed by atoms with Crippen molar-refractivity contribution in [3.63, 3.8) is 0 Å². The molecule has 0 atom stereocenters. The standard InChI is InChI=1S/C13H20N2O3S/c1-13(2,3)11-7-10(18-9-5-6-9)8-12(14-11)15-19(4,16)17/h7-9H,5-6H2,1-4H3,(H,14,15). The molecule has 0 radical (unpaired) electrons. The molecule has 0 amide bonds. The molecule has 0 spiro atoms.